The molecule has 0 aliphatic rings. The maximum Gasteiger partial charge on any atom is 0.137 e. The molecule has 3 N–H and O–H groups in total. The highest BCUT2D eigenvalue weighted by Crippen LogP contribution is 2.32. The summed E-state index contributed by atoms with van der Waals surface area (Å²) in [5.41, 5.74) is 1.12. The first-order valence-corrected chi connectivity index (χ1v) is 7.82. The van der Waals surface area contributed by atoms with Gasteiger partial charge in [0.05, 0.1) is 18.2 Å². The zero-order valence-corrected chi connectivity index (χ0v) is 16.6. The topological polar surface area (TPSA) is 53.5 Å². The summed E-state index contributed by atoms with van der Waals surface area (Å²) in [5.74, 6) is 0.870. The number of benzene rings is 1. The van der Waals surface area contributed by atoms with Gasteiger partial charge in [-0.05, 0) is 47.6 Å². The SMILES string of the molecule is COc1c(Br)cc(Br)cc1CNCCCNCCO.Cl.Cl. The lowest BCUT2D eigenvalue weighted by Crippen LogP contribution is -2.24. The third-order valence-electron chi connectivity index (χ3n) is 2.60. The molecule has 124 valence electrons. The Balaban J connectivity index is 0. The fourth-order valence-corrected chi connectivity index (χ4v) is 3.21. The number of aliphatic hydroxyl groups is 1. The van der Waals surface area contributed by atoms with E-state index in [0.29, 0.717) is 6.54 Å². The van der Waals surface area contributed by atoms with Crippen molar-refractivity contribution in [1.29, 1.82) is 0 Å². The Hall–Kier alpha value is 0.440. The number of halogens is 4. The molecule has 0 unspecified atom stereocenters. The molecule has 1 rings (SSSR count). The minimum atomic E-state index is 0. The molecule has 0 bridgehead atoms. The molecule has 0 saturated heterocycles. The molecule has 1 aromatic carbocycles. The second kappa shape index (κ2) is 14.1. The van der Waals surface area contributed by atoms with Gasteiger partial charge in [-0.3, -0.25) is 0 Å². The minimum absolute atomic E-state index is 0. The lowest BCUT2D eigenvalue weighted by Gasteiger charge is -2.12. The Labute approximate surface area is 155 Å². The number of methoxy groups -OCH3 is 1. The molecule has 1 aromatic rings. The lowest BCUT2D eigenvalue weighted by molar-refractivity contribution is 0.292. The maximum absolute atomic E-state index is 8.63. The molecule has 0 amide bonds. The average molecular weight is 469 g/mol. The van der Waals surface area contributed by atoms with Crippen molar-refractivity contribution in [3.63, 3.8) is 0 Å². The third kappa shape index (κ3) is 9.23. The summed E-state index contributed by atoms with van der Waals surface area (Å²) in [6.45, 7) is 3.45. The van der Waals surface area contributed by atoms with Crippen LogP contribution in [0.5, 0.6) is 5.75 Å². The Morgan fingerprint density at radius 3 is 2.38 bits per heavy atom. The number of rotatable bonds is 9. The molecule has 0 aliphatic heterocycles. The summed E-state index contributed by atoms with van der Waals surface area (Å²) in [6, 6.07) is 4.03. The van der Waals surface area contributed by atoms with Gasteiger partial charge in [0.25, 0.3) is 0 Å². The average Bonchev–Trinajstić information content (AvgIpc) is 2.37. The summed E-state index contributed by atoms with van der Waals surface area (Å²) in [5, 5.41) is 15.2. The summed E-state index contributed by atoms with van der Waals surface area (Å²) < 4.78 is 7.37. The van der Waals surface area contributed by atoms with Crippen LogP contribution in [0.2, 0.25) is 0 Å². The molecule has 0 spiro atoms. The number of hydrogen-bond acceptors (Lipinski definition) is 4. The fraction of sp³-hybridized carbons (Fsp3) is 0.538. The van der Waals surface area contributed by atoms with E-state index in [1.54, 1.807) is 7.11 Å². The molecule has 21 heavy (non-hydrogen) atoms. The third-order valence-corrected chi connectivity index (χ3v) is 3.65. The predicted molar refractivity (Wildman–Crippen MR) is 99.2 cm³/mol. The van der Waals surface area contributed by atoms with E-state index in [-0.39, 0.29) is 31.4 Å². The van der Waals surface area contributed by atoms with Crippen LogP contribution in [0, 0.1) is 0 Å². The van der Waals surface area contributed by atoms with Crippen molar-refractivity contribution in [1.82, 2.24) is 10.6 Å². The highest BCUT2D eigenvalue weighted by molar-refractivity contribution is 9.11. The van der Waals surface area contributed by atoms with Gasteiger partial charge in [-0.1, -0.05) is 15.9 Å². The van der Waals surface area contributed by atoms with E-state index in [2.05, 4.69) is 48.6 Å². The van der Waals surface area contributed by atoms with Gasteiger partial charge >= 0.3 is 0 Å². The normalized spacial score (nSPS) is 9.71. The van der Waals surface area contributed by atoms with Crippen molar-refractivity contribution in [3.8, 4) is 5.75 Å². The first-order chi connectivity index (χ1) is 9.19. The van der Waals surface area contributed by atoms with Crippen LogP contribution in [0.3, 0.4) is 0 Å². The monoisotopic (exact) mass is 466 g/mol. The molecule has 0 aromatic heterocycles. The van der Waals surface area contributed by atoms with Crippen molar-refractivity contribution >= 4 is 56.7 Å². The molecule has 4 nitrogen and oxygen atoms in total. The van der Waals surface area contributed by atoms with Crippen LogP contribution in [0.4, 0.5) is 0 Å². The minimum Gasteiger partial charge on any atom is -0.495 e. The van der Waals surface area contributed by atoms with Crippen LogP contribution in [-0.2, 0) is 6.54 Å². The Kier molecular flexibility index (Phi) is 15.9. The molecule has 0 radical (unpaired) electrons. The van der Waals surface area contributed by atoms with Gasteiger partial charge in [-0.15, -0.1) is 24.8 Å². The summed E-state index contributed by atoms with van der Waals surface area (Å²) in [7, 11) is 1.68. The molecule has 0 fully saturated rings. The van der Waals surface area contributed by atoms with Gasteiger partial charge < -0.3 is 20.5 Å². The molecule has 0 aliphatic carbocycles. The van der Waals surface area contributed by atoms with Crippen molar-refractivity contribution in [3.05, 3.63) is 26.6 Å². The van der Waals surface area contributed by atoms with Gasteiger partial charge in [0.2, 0.25) is 0 Å². The van der Waals surface area contributed by atoms with Crippen LogP contribution in [0.15, 0.2) is 21.1 Å². The smallest absolute Gasteiger partial charge is 0.137 e. The Morgan fingerprint density at radius 2 is 1.76 bits per heavy atom. The molecule has 8 heteroatoms. The number of nitrogens with one attached hydrogen (secondary N) is 2. The van der Waals surface area contributed by atoms with E-state index >= 15 is 0 Å². The van der Waals surface area contributed by atoms with E-state index in [1.807, 2.05) is 6.07 Å². The van der Waals surface area contributed by atoms with E-state index in [9.17, 15) is 0 Å². The van der Waals surface area contributed by atoms with Gasteiger partial charge in [0.15, 0.2) is 0 Å². The first-order valence-electron chi connectivity index (χ1n) is 6.23. The maximum atomic E-state index is 8.63. The van der Waals surface area contributed by atoms with Gasteiger partial charge in [0, 0.05) is 23.1 Å². The van der Waals surface area contributed by atoms with Crippen molar-refractivity contribution < 1.29 is 9.84 Å². The molecule has 0 saturated carbocycles. The molecular weight excluding hydrogens is 447 g/mol. The zero-order chi connectivity index (χ0) is 14.1. The van der Waals surface area contributed by atoms with Gasteiger partial charge in [0.1, 0.15) is 5.75 Å². The fourth-order valence-electron chi connectivity index (χ4n) is 1.74. The quantitative estimate of drug-likeness (QED) is 0.487. The molecular formula is C13H22Br2Cl2N2O2. The largest absolute Gasteiger partial charge is 0.495 e. The van der Waals surface area contributed by atoms with E-state index in [1.165, 1.54) is 0 Å². The van der Waals surface area contributed by atoms with Crippen LogP contribution in [-0.4, -0.2) is 38.5 Å². The summed E-state index contributed by atoms with van der Waals surface area (Å²) in [6.07, 6.45) is 1.03. The van der Waals surface area contributed by atoms with E-state index in [0.717, 1.165) is 46.3 Å². The van der Waals surface area contributed by atoms with Crippen LogP contribution in [0.25, 0.3) is 0 Å². The van der Waals surface area contributed by atoms with Crippen molar-refractivity contribution in [2.75, 3.05) is 33.4 Å². The van der Waals surface area contributed by atoms with E-state index in [4.69, 9.17) is 9.84 Å². The zero-order valence-electron chi connectivity index (χ0n) is 11.8. The molecule has 0 atom stereocenters. The number of ether oxygens (including phenoxy) is 1. The second-order valence-corrected chi connectivity index (χ2v) is 5.85. The first kappa shape index (κ1) is 23.7. The van der Waals surface area contributed by atoms with Crippen molar-refractivity contribution in [2.45, 2.75) is 13.0 Å². The Bertz CT molecular complexity index is 399. The van der Waals surface area contributed by atoms with E-state index < -0.39 is 0 Å². The predicted octanol–water partition coefficient (Wildman–Crippen LogP) is 3.13. The van der Waals surface area contributed by atoms with Gasteiger partial charge in [-0.25, -0.2) is 0 Å². The second-order valence-electron chi connectivity index (χ2n) is 4.08. The van der Waals surface area contributed by atoms with Crippen molar-refractivity contribution in [2.24, 2.45) is 0 Å². The van der Waals surface area contributed by atoms with Crippen LogP contribution < -0.4 is 15.4 Å². The lowest BCUT2D eigenvalue weighted by atomic mass is 10.2. The summed E-state index contributed by atoms with van der Waals surface area (Å²) >= 11 is 6.97. The number of aliphatic hydroxyl groups excluding tert-OH is 1. The highest BCUT2D eigenvalue weighted by atomic mass is 79.9. The van der Waals surface area contributed by atoms with Gasteiger partial charge in [-0.2, -0.15) is 0 Å². The number of hydrogen-bond donors (Lipinski definition) is 3. The standard InChI is InChI=1S/C13H20Br2N2O2.2ClH/c1-19-13-10(7-11(14)8-12(13)15)9-17-4-2-3-16-5-6-18;;/h7-8,16-18H,2-6,9H2,1H3;2*1H. The highest BCUT2D eigenvalue weighted by Gasteiger charge is 2.08. The van der Waals surface area contributed by atoms with Crippen LogP contribution >= 0.6 is 56.7 Å². The molecule has 0 heterocycles. The Morgan fingerprint density at radius 1 is 1.10 bits per heavy atom. The van der Waals surface area contributed by atoms with Crippen LogP contribution in [0.1, 0.15) is 12.0 Å². The summed E-state index contributed by atoms with van der Waals surface area (Å²) in [4.78, 5) is 0.